The maximum absolute atomic E-state index is 13.4. The lowest BCUT2D eigenvalue weighted by molar-refractivity contribution is 0.0920. The predicted octanol–water partition coefficient (Wildman–Crippen LogP) is 3.07. The Morgan fingerprint density at radius 1 is 0.905 bits per heavy atom. The van der Waals surface area contributed by atoms with Crippen LogP contribution < -0.4 is 30.7 Å². The van der Waals surface area contributed by atoms with E-state index in [-0.39, 0.29) is 23.9 Å². The van der Waals surface area contributed by atoms with Gasteiger partial charge in [-0.05, 0) is 54.8 Å². The highest BCUT2D eigenvalue weighted by Crippen LogP contribution is 2.29. The monoisotopic (exact) mass is 573 g/mol. The summed E-state index contributed by atoms with van der Waals surface area (Å²) in [7, 11) is 3.08. The molecule has 2 aromatic carbocycles. The summed E-state index contributed by atoms with van der Waals surface area (Å²) in [5.74, 6) is 1.22. The van der Waals surface area contributed by atoms with Crippen molar-refractivity contribution in [2.75, 3.05) is 50.6 Å². The molecule has 0 bridgehead atoms. The van der Waals surface area contributed by atoms with Crippen molar-refractivity contribution in [2.24, 2.45) is 5.73 Å². The molecule has 3 aromatic rings. The van der Waals surface area contributed by atoms with E-state index in [1.54, 1.807) is 43.8 Å². The Hall–Kier alpha value is -4.22. The average molecular weight is 574 g/mol. The first-order valence-corrected chi connectivity index (χ1v) is 14.4. The Morgan fingerprint density at radius 2 is 1.60 bits per heavy atom. The van der Waals surface area contributed by atoms with Crippen LogP contribution in [0, 0.1) is 0 Å². The molecule has 2 amide bonds. The van der Waals surface area contributed by atoms with Crippen molar-refractivity contribution < 1.29 is 19.1 Å². The summed E-state index contributed by atoms with van der Waals surface area (Å²) >= 11 is 0. The number of methoxy groups -OCH3 is 2. The number of hydrogen-bond acceptors (Lipinski definition) is 9. The first-order chi connectivity index (χ1) is 20.4. The summed E-state index contributed by atoms with van der Waals surface area (Å²) in [6, 6.07) is 12.2. The lowest BCUT2D eigenvalue weighted by Crippen LogP contribution is -2.49. The van der Waals surface area contributed by atoms with Gasteiger partial charge in [0.05, 0.1) is 14.2 Å². The molecule has 2 aliphatic rings. The van der Waals surface area contributed by atoms with Crippen molar-refractivity contribution in [1.29, 1.82) is 0 Å². The van der Waals surface area contributed by atoms with E-state index in [4.69, 9.17) is 15.2 Å². The van der Waals surface area contributed by atoms with Crippen molar-refractivity contribution in [2.45, 2.75) is 44.3 Å². The van der Waals surface area contributed by atoms with Gasteiger partial charge in [0.25, 0.3) is 11.8 Å². The normalized spacial score (nSPS) is 19.2. The first kappa shape index (κ1) is 29.3. The minimum atomic E-state index is -0.310. The average Bonchev–Trinajstić information content (AvgIpc) is 3.03. The van der Waals surface area contributed by atoms with Gasteiger partial charge in [-0.25, -0.2) is 9.97 Å². The smallest absolute Gasteiger partial charge is 0.255 e. The molecular formula is C31H39N7O4. The van der Waals surface area contributed by atoms with Gasteiger partial charge < -0.3 is 30.7 Å². The Labute approximate surface area is 246 Å². The van der Waals surface area contributed by atoms with Crippen LogP contribution in [-0.4, -0.2) is 79.2 Å². The van der Waals surface area contributed by atoms with Gasteiger partial charge in [0.15, 0.2) is 11.5 Å². The second-order valence-electron chi connectivity index (χ2n) is 10.7. The Balaban J connectivity index is 1.34. The molecule has 1 saturated heterocycles. The molecule has 11 nitrogen and oxygen atoms in total. The second kappa shape index (κ2) is 13.6. The summed E-state index contributed by atoms with van der Waals surface area (Å²) in [5, 5.41) is 6.16. The highest BCUT2D eigenvalue weighted by Gasteiger charge is 2.25. The zero-order valence-electron chi connectivity index (χ0n) is 24.2. The molecule has 0 spiro atoms. The summed E-state index contributed by atoms with van der Waals surface area (Å²) in [5.41, 5.74) is 8.67. The SMILES string of the molecule is COc1ccc(C(=O)Nc2cc(C(=O)NC3CCCCC3N)ccc2CN2CCN(c3ncccn3)CC2)cc1OC. The number of nitrogens with two attached hydrogens (primary N) is 1. The molecule has 2 unspecified atom stereocenters. The number of carbonyl (C=O) groups is 2. The number of piperazine rings is 1. The topological polar surface area (TPSA) is 135 Å². The van der Waals surface area contributed by atoms with Gasteiger partial charge >= 0.3 is 0 Å². The van der Waals surface area contributed by atoms with Gasteiger partial charge in [-0.1, -0.05) is 18.9 Å². The fourth-order valence-corrected chi connectivity index (χ4v) is 5.54. The highest BCUT2D eigenvalue weighted by molar-refractivity contribution is 6.06. The lowest BCUT2D eigenvalue weighted by Gasteiger charge is -2.35. The quantitative estimate of drug-likeness (QED) is 0.353. The molecule has 5 rings (SSSR count). The van der Waals surface area contributed by atoms with Crippen molar-refractivity contribution in [3.05, 3.63) is 71.5 Å². The molecule has 2 heterocycles. The molecule has 4 N–H and O–H groups in total. The first-order valence-electron chi connectivity index (χ1n) is 14.4. The Bertz CT molecular complexity index is 1380. The zero-order chi connectivity index (χ0) is 29.5. The number of nitrogens with one attached hydrogen (secondary N) is 2. The van der Waals surface area contributed by atoms with Gasteiger partial charge in [0, 0.05) is 74.0 Å². The standard InChI is InChI=1S/C31H39N7O4/c1-41-27-11-10-22(19-28(27)42-2)30(40)36-26-18-21(29(39)35-25-7-4-3-6-24(25)32)8-9-23(26)20-37-14-16-38(17-15-37)31-33-12-5-13-34-31/h5,8-13,18-19,24-25H,3-4,6-7,14-17,20,32H2,1-2H3,(H,35,39)(H,36,40). The zero-order valence-corrected chi connectivity index (χ0v) is 24.2. The maximum Gasteiger partial charge on any atom is 0.255 e. The van der Waals surface area contributed by atoms with Crippen LogP contribution in [0.4, 0.5) is 11.6 Å². The molecule has 222 valence electrons. The minimum Gasteiger partial charge on any atom is -0.493 e. The Morgan fingerprint density at radius 3 is 2.31 bits per heavy atom. The summed E-state index contributed by atoms with van der Waals surface area (Å²) in [6.07, 6.45) is 7.41. The number of benzene rings is 2. The number of amides is 2. The van der Waals surface area contributed by atoms with E-state index in [1.165, 1.54) is 7.11 Å². The van der Waals surface area contributed by atoms with E-state index in [1.807, 2.05) is 18.2 Å². The van der Waals surface area contributed by atoms with E-state index in [0.717, 1.165) is 63.4 Å². The maximum atomic E-state index is 13.4. The summed E-state index contributed by atoms with van der Waals surface area (Å²) in [4.78, 5) is 39.9. The van der Waals surface area contributed by atoms with Crippen LogP contribution in [0.25, 0.3) is 0 Å². The Kier molecular flexibility index (Phi) is 9.50. The third-order valence-electron chi connectivity index (χ3n) is 8.00. The van der Waals surface area contributed by atoms with Crippen LogP contribution in [0.5, 0.6) is 11.5 Å². The molecule has 42 heavy (non-hydrogen) atoms. The number of carbonyl (C=O) groups excluding carboxylic acids is 2. The van der Waals surface area contributed by atoms with Crippen molar-refractivity contribution in [1.82, 2.24) is 20.2 Å². The molecule has 2 fully saturated rings. The third kappa shape index (κ3) is 6.97. The molecule has 11 heteroatoms. The molecular weight excluding hydrogens is 534 g/mol. The van der Waals surface area contributed by atoms with Gasteiger partial charge in [0.2, 0.25) is 5.95 Å². The van der Waals surface area contributed by atoms with E-state index >= 15 is 0 Å². The van der Waals surface area contributed by atoms with Gasteiger partial charge in [-0.3, -0.25) is 14.5 Å². The fourth-order valence-electron chi connectivity index (χ4n) is 5.54. The van der Waals surface area contributed by atoms with Gasteiger partial charge in [-0.2, -0.15) is 0 Å². The number of anilines is 2. The van der Waals surface area contributed by atoms with E-state index in [0.29, 0.717) is 34.9 Å². The van der Waals surface area contributed by atoms with E-state index in [9.17, 15) is 9.59 Å². The van der Waals surface area contributed by atoms with Crippen molar-refractivity contribution >= 4 is 23.5 Å². The van der Waals surface area contributed by atoms with Crippen molar-refractivity contribution in [3.63, 3.8) is 0 Å². The second-order valence-corrected chi connectivity index (χ2v) is 10.7. The fraction of sp³-hybridized carbons (Fsp3) is 0.419. The molecule has 2 atom stereocenters. The molecule has 0 radical (unpaired) electrons. The van der Waals surface area contributed by atoms with Gasteiger partial charge in [0.1, 0.15) is 0 Å². The summed E-state index contributed by atoms with van der Waals surface area (Å²) < 4.78 is 10.7. The lowest BCUT2D eigenvalue weighted by atomic mass is 9.91. The molecule has 1 aromatic heterocycles. The van der Waals surface area contributed by atoms with Crippen LogP contribution in [0.1, 0.15) is 52.0 Å². The van der Waals surface area contributed by atoms with E-state index in [2.05, 4.69) is 30.4 Å². The number of aromatic nitrogens is 2. The molecule has 1 aliphatic heterocycles. The summed E-state index contributed by atoms with van der Waals surface area (Å²) in [6.45, 7) is 3.81. The number of rotatable bonds is 9. The van der Waals surface area contributed by atoms with Crippen LogP contribution in [0.3, 0.4) is 0 Å². The van der Waals surface area contributed by atoms with Crippen molar-refractivity contribution in [3.8, 4) is 11.5 Å². The largest absolute Gasteiger partial charge is 0.493 e. The highest BCUT2D eigenvalue weighted by atomic mass is 16.5. The van der Waals surface area contributed by atoms with Crippen LogP contribution in [-0.2, 0) is 6.54 Å². The third-order valence-corrected chi connectivity index (χ3v) is 8.00. The number of hydrogen-bond donors (Lipinski definition) is 3. The van der Waals surface area contributed by atoms with Crippen LogP contribution in [0.2, 0.25) is 0 Å². The number of ether oxygens (including phenoxy) is 2. The molecule has 1 saturated carbocycles. The van der Waals surface area contributed by atoms with Gasteiger partial charge in [-0.15, -0.1) is 0 Å². The van der Waals surface area contributed by atoms with E-state index < -0.39 is 0 Å². The molecule has 1 aliphatic carbocycles. The number of nitrogens with zero attached hydrogens (tertiary/aromatic N) is 4. The minimum absolute atomic E-state index is 0.0499. The predicted molar refractivity (Wildman–Crippen MR) is 161 cm³/mol. The van der Waals surface area contributed by atoms with Crippen LogP contribution >= 0.6 is 0 Å². The van der Waals surface area contributed by atoms with Crippen LogP contribution in [0.15, 0.2) is 54.9 Å².